The molecule has 5 aromatic heterocycles. The van der Waals surface area contributed by atoms with E-state index in [1.54, 1.807) is 30.7 Å². The van der Waals surface area contributed by atoms with E-state index in [2.05, 4.69) is 72.8 Å². The summed E-state index contributed by atoms with van der Waals surface area (Å²) < 4.78 is 5.37. The predicted molar refractivity (Wildman–Crippen MR) is 190 cm³/mol. The Balaban J connectivity index is 0.000000229. The lowest BCUT2D eigenvalue weighted by Gasteiger charge is -2.04. The van der Waals surface area contributed by atoms with Gasteiger partial charge in [-0.1, -0.05) is 50.1 Å². The first-order valence-electron chi connectivity index (χ1n) is 16.1. The normalized spacial score (nSPS) is 10.4. The molecule has 0 fully saturated rings. The maximum atomic E-state index is 10.2. The molecule has 0 unspecified atom stereocenters. The fraction of sp³-hybridized carbons (Fsp3) is 0.263. The molecule has 0 saturated carbocycles. The van der Waals surface area contributed by atoms with Gasteiger partial charge in [0.1, 0.15) is 22.8 Å². The topological polar surface area (TPSA) is 186 Å². The van der Waals surface area contributed by atoms with Gasteiger partial charge in [-0.2, -0.15) is 4.98 Å². The van der Waals surface area contributed by atoms with Gasteiger partial charge in [0.15, 0.2) is 5.84 Å². The number of nitrogens with zero attached hydrogens (tertiary/aromatic N) is 7. The van der Waals surface area contributed by atoms with Gasteiger partial charge in [-0.15, -0.1) is 0 Å². The third-order valence-electron chi connectivity index (χ3n) is 7.27. The highest BCUT2D eigenvalue weighted by atomic mass is 16.5. The molecule has 4 N–H and O–H groups in total. The number of amidine groups is 1. The molecule has 0 aliphatic carbocycles. The molecule has 0 amide bonds. The molecule has 0 aliphatic heterocycles. The molecule has 12 heteroatoms. The summed E-state index contributed by atoms with van der Waals surface area (Å²) in [5, 5.41) is 23.8. The molecule has 5 rings (SSSR count). The van der Waals surface area contributed by atoms with Crippen molar-refractivity contribution in [2.45, 2.75) is 59.3 Å². The summed E-state index contributed by atoms with van der Waals surface area (Å²) in [6.45, 7) is 8.02. The SMILES string of the molecule is CCC(CC)C(=O)O.CCC(CC)c1nc(-c2ccc(C#Cc3ccccn3)nc2)no1.N/C(=N\O)c1ccc(C#Cc2ccccn2)nc1. The molecule has 0 atom stereocenters. The lowest BCUT2D eigenvalue weighted by molar-refractivity contribution is -0.141. The zero-order valence-electron chi connectivity index (χ0n) is 28.5. The molecule has 5 heterocycles. The molecular formula is C38H40N8O4. The van der Waals surface area contributed by atoms with E-state index in [0.29, 0.717) is 40.3 Å². The second kappa shape index (κ2) is 20.8. The Bertz CT molecular complexity index is 1900. The number of aromatic nitrogens is 6. The second-order valence-corrected chi connectivity index (χ2v) is 10.6. The van der Waals surface area contributed by atoms with Crippen LogP contribution in [-0.2, 0) is 4.79 Å². The van der Waals surface area contributed by atoms with E-state index in [9.17, 15) is 4.79 Å². The molecule has 0 saturated heterocycles. The minimum Gasteiger partial charge on any atom is -0.481 e. The first kappa shape index (κ1) is 38.1. The van der Waals surface area contributed by atoms with Crippen molar-refractivity contribution < 1.29 is 19.6 Å². The Morgan fingerprint density at radius 1 is 0.760 bits per heavy atom. The van der Waals surface area contributed by atoms with Crippen molar-refractivity contribution in [1.82, 2.24) is 30.1 Å². The third kappa shape index (κ3) is 12.3. The van der Waals surface area contributed by atoms with Crippen LogP contribution in [0.2, 0.25) is 0 Å². The second-order valence-electron chi connectivity index (χ2n) is 10.6. The molecule has 0 spiro atoms. The number of nitrogens with two attached hydrogens (primary N) is 1. The summed E-state index contributed by atoms with van der Waals surface area (Å²) in [7, 11) is 0. The van der Waals surface area contributed by atoms with Crippen LogP contribution in [0, 0.1) is 29.6 Å². The quantitative estimate of drug-likeness (QED) is 0.0551. The summed E-state index contributed by atoms with van der Waals surface area (Å²) in [4.78, 5) is 31.3. The van der Waals surface area contributed by atoms with Crippen LogP contribution in [0.3, 0.4) is 0 Å². The zero-order chi connectivity index (χ0) is 36.1. The Kier molecular flexibility index (Phi) is 15.8. The molecular weight excluding hydrogens is 632 g/mol. The van der Waals surface area contributed by atoms with E-state index >= 15 is 0 Å². The summed E-state index contributed by atoms with van der Waals surface area (Å²) >= 11 is 0. The number of carbonyl (C=O) groups is 1. The van der Waals surface area contributed by atoms with Gasteiger partial charge in [-0.05, 0) is 97.9 Å². The Morgan fingerprint density at radius 3 is 1.68 bits per heavy atom. The zero-order valence-corrected chi connectivity index (χ0v) is 28.5. The Labute approximate surface area is 292 Å². The number of hydrogen-bond donors (Lipinski definition) is 3. The van der Waals surface area contributed by atoms with Crippen LogP contribution in [-0.4, -0.2) is 52.2 Å². The van der Waals surface area contributed by atoms with Crippen LogP contribution in [0.25, 0.3) is 11.4 Å². The fourth-order valence-electron chi connectivity index (χ4n) is 4.20. The third-order valence-corrected chi connectivity index (χ3v) is 7.27. The molecule has 0 radical (unpaired) electrons. The maximum Gasteiger partial charge on any atom is 0.306 e. The van der Waals surface area contributed by atoms with Crippen molar-refractivity contribution in [3.63, 3.8) is 0 Å². The highest BCUT2D eigenvalue weighted by Crippen LogP contribution is 2.24. The average molecular weight is 673 g/mol. The van der Waals surface area contributed by atoms with Gasteiger partial charge < -0.3 is 20.6 Å². The largest absolute Gasteiger partial charge is 0.481 e. The monoisotopic (exact) mass is 672 g/mol. The predicted octanol–water partition coefficient (Wildman–Crippen LogP) is 6.31. The lowest BCUT2D eigenvalue weighted by atomic mass is 10.0. The van der Waals surface area contributed by atoms with E-state index in [-0.39, 0.29) is 11.8 Å². The number of hydrogen-bond acceptors (Lipinski definition) is 10. The van der Waals surface area contributed by atoms with Gasteiger partial charge in [0.05, 0.1) is 5.92 Å². The van der Waals surface area contributed by atoms with Gasteiger partial charge >= 0.3 is 5.97 Å². The van der Waals surface area contributed by atoms with Crippen LogP contribution in [0.5, 0.6) is 0 Å². The van der Waals surface area contributed by atoms with Crippen molar-refractivity contribution in [2.24, 2.45) is 16.8 Å². The van der Waals surface area contributed by atoms with E-state index in [0.717, 1.165) is 36.9 Å². The highest BCUT2D eigenvalue weighted by molar-refractivity contribution is 5.96. The minimum absolute atomic E-state index is 0.0201. The van der Waals surface area contributed by atoms with Crippen LogP contribution < -0.4 is 5.73 Å². The van der Waals surface area contributed by atoms with Gasteiger partial charge in [-0.25, -0.2) is 19.9 Å². The summed E-state index contributed by atoms with van der Waals surface area (Å²) in [6, 6.07) is 18.3. The van der Waals surface area contributed by atoms with Crippen molar-refractivity contribution in [2.75, 3.05) is 0 Å². The molecule has 5 aromatic rings. The number of oxime groups is 1. The maximum absolute atomic E-state index is 10.2. The van der Waals surface area contributed by atoms with E-state index in [4.69, 9.17) is 20.6 Å². The van der Waals surface area contributed by atoms with Gasteiger partial charge in [0.25, 0.3) is 0 Å². The smallest absolute Gasteiger partial charge is 0.306 e. The standard InChI is InChI=1S/C19H18N4O.C13H10N4O.C6H12O2/c1-3-14(4-2)19-22-18(23-24-19)15-8-9-17(21-13-15)11-10-16-7-5-6-12-20-16;14-13(17-18)10-4-5-12(16-9-10)7-6-11-3-1-2-8-15-11;1-3-5(4-2)6(7)8/h5-9,12-14H,3-4H2,1-2H3;1-5,8-9,18H,(H2,14,17);5H,3-4H2,1-2H3,(H,7,8). The summed E-state index contributed by atoms with van der Waals surface area (Å²) in [6.07, 6.45) is 10.1. The molecule has 0 aromatic carbocycles. The summed E-state index contributed by atoms with van der Waals surface area (Å²) in [5.41, 5.74) is 9.45. The molecule has 50 heavy (non-hydrogen) atoms. The van der Waals surface area contributed by atoms with Crippen molar-refractivity contribution in [3.8, 4) is 35.1 Å². The number of pyridine rings is 4. The number of carboxylic acids is 1. The minimum atomic E-state index is -0.671. The first-order chi connectivity index (χ1) is 24.3. The highest BCUT2D eigenvalue weighted by Gasteiger charge is 2.16. The van der Waals surface area contributed by atoms with Crippen LogP contribution in [0.15, 0.2) is 95.1 Å². The summed E-state index contributed by atoms with van der Waals surface area (Å²) in [5.74, 6) is 12.5. The van der Waals surface area contributed by atoms with Crippen LogP contribution in [0.1, 0.15) is 93.5 Å². The lowest BCUT2D eigenvalue weighted by Crippen LogP contribution is -2.13. The fourth-order valence-corrected chi connectivity index (χ4v) is 4.20. The van der Waals surface area contributed by atoms with Crippen molar-refractivity contribution >= 4 is 11.8 Å². The number of aliphatic carboxylic acids is 1. The average Bonchev–Trinajstić information content (AvgIpc) is 3.65. The Hall–Kier alpha value is -6.40. The number of carboxylic acid groups (broad SMARTS) is 1. The molecule has 256 valence electrons. The first-order valence-corrected chi connectivity index (χ1v) is 16.1. The molecule has 0 bridgehead atoms. The van der Waals surface area contributed by atoms with E-state index in [1.807, 2.05) is 62.4 Å². The van der Waals surface area contributed by atoms with E-state index < -0.39 is 5.97 Å². The van der Waals surface area contributed by atoms with Gasteiger partial charge in [-0.3, -0.25) is 4.79 Å². The van der Waals surface area contributed by atoms with Crippen LogP contribution >= 0.6 is 0 Å². The van der Waals surface area contributed by atoms with Gasteiger partial charge in [0, 0.05) is 41.8 Å². The molecule has 12 nitrogen and oxygen atoms in total. The number of rotatable bonds is 8. The van der Waals surface area contributed by atoms with Crippen molar-refractivity contribution in [1.29, 1.82) is 0 Å². The van der Waals surface area contributed by atoms with Crippen LogP contribution in [0.4, 0.5) is 0 Å². The van der Waals surface area contributed by atoms with Crippen molar-refractivity contribution in [3.05, 3.63) is 120 Å². The Morgan fingerprint density at radius 2 is 1.30 bits per heavy atom. The van der Waals surface area contributed by atoms with E-state index in [1.165, 1.54) is 6.20 Å². The van der Waals surface area contributed by atoms with Gasteiger partial charge in [0.2, 0.25) is 11.7 Å². The molecule has 0 aliphatic rings.